The molecule has 0 atom stereocenters. The van der Waals surface area contributed by atoms with E-state index in [1.54, 1.807) is 36.4 Å². The number of rotatable bonds is 5. The van der Waals surface area contributed by atoms with E-state index in [1.807, 2.05) is 6.07 Å². The number of methoxy groups -OCH3 is 1. The minimum atomic E-state index is 0.196. The van der Waals surface area contributed by atoms with Crippen LogP contribution in [-0.2, 0) is 6.54 Å². The summed E-state index contributed by atoms with van der Waals surface area (Å²) in [6.45, 7) is 1.02. The van der Waals surface area contributed by atoms with Crippen LogP contribution in [0.1, 0.15) is 0 Å². The fourth-order valence-electron chi connectivity index (χ4n) is 1.89. The average molecular weight is 306 g/mol. The summed E-state index contributed by atoms with van der Waals surface area (Å²) in [5, 5.41) is 8.63. The third kappa shape index (κ3) is 3.03. The summed E-state index contributed by atoms with van der Waals surface area (Å²) in [5.74, 6) is 1.21. The molecule has 2 aromatic heterocycles. The molecule has 108 valence electrons. The molecule has 0 aliphatic rings. The van der Waals surface area contributed by atoms with E-state index < -0.39 is 0 Å². The van der Waals surface area contributed by atoms with Crippen molar-refractivity contribution < 1.29 is 9.47 Å². The molecule has 0 amide bonds. The van der Waals surface area contributed by atoms with Crippen LogP contribution in [0.3, 0.4) is 0 Å². The molecule has 0 spiro atoms. The first-order valence-electron chi connectivity index (χ1n) is 6.23. The molecular weight excluding hydrogens is 294 g/mol. The second kappa shape index (κ2) is 5.92. The van der Waals surface area contributed by atoms with E-state index in [2.05, 4.69) is 20.3 Å². The smallest absolute Gasteiger partial charge is 0.222 e. The first kappa shape index (κ1) is 13.6. The monoisotopic (exact) mass is 305 g/mol. The zero-order valence-electron chi connectivity index (χ0n) is 11.2. The van der Waals surface area contributed by atoms with E-state index in [9.17, 15) is 0 Å². The van der Waals surface area contributed by atoms with Gasteiger partial charge in [-0.3, -0.25) is 0 Å². The van der Waals surface area contributed by atoms with Gasteiger partial charge in [0.15, 0.2) is 11.5 Å². The Balaban J connectivity index is 1.82. The van der Waals surface area contributed by atoms with Gasteiger partial charge in [-0.1, -0.05) is 5.21 Å². The van der Waals surface area contributed by atoms with E-state index in [1.165, 1.54) is 0 Å². The van der Waals surface area contributed by atoms with Crippen molar-refractivity contribution in [1.82, 2.24) is 25.0 Å². The lowest BCUT2D eigenvalue weighted by molar-refractivity contribution is 0.273. The summed E-state index contributed by atoms with van der Waals surface area (Å²) in [4.78, 5) is 8.11. The van der Waals surface area contributed by atoms with Gasteiger partial charge in [0.2, 0.25) is 5.28 Å². The highest BCUT2D eigenvalue weighted by atomic mass is 35.5. The second-order valence-electron chi connectivity index (χ2n) is 4.22. The van der Waals surface area contributed by atoms with Crippen molar-refractivity contribution in [2.75, 3.05) is 13.7 Å². The van der Waals surface area contributed by atoms with Crippen LogP contribution in [0.2, 0.25) is 5.28 Å². The van der Waals surface area contributed by atoms with Gasteiger partial charge >= 0.3 is 0 Å². The highest BCUT2D eigenvalue weighted by molar-refractivity contribution is 6.28. The zero-order valence-corrected chi connectivity index (χ0v) is 12.0. The molecule has 2 heterocycles. The van der Waals surface area contributed by atoms with Gasteiger partial charge in [0.05, 0.1) is 25.4 Å². The lowest BCUT2D eigenvalue weighted by Crippen LogP contribution is -2.09. The lowest BCUT2D eigenvalue weighted by Gasteiger charge is -2.11. The average Bonchev–Trinajstić information content (AvgIpc) is 2.99. The quantitative estimate of drug-likeness (QED) is 0.671. The molecule has 0 bridgehead atoms. The molecule has 0 N–H and O–H groups in total. The Hall–Kier alpha value is -2.41. The third-order valence-corrected chi connectivity index (χ3v) is 3.07. The summed E-state index contributed by atoms with van der Waals surface area (Å²) >= 11 is 5.80. The van der Waals surface area contributed by atoms with E-state index in [-0.39, 0.29) is 5.28 Å². The lowest BCUT2D eigenvalue weighted by atomic mass is 10.2. The van der Waals surface area contributed by atoms with E-state index >= 15 is 0 Å². The molecule has 0 fully saturated rings. The molecule has 3 rings (SSSR count). The van der Waals surface area contributed by atoms with Crippen LogP contribution < -0.4 is 9.47 Å². The number of halogens is 1. The first-order chi connectivity index (χ1) is 10.3. The van der Waals surface area contributed by atoms with Gasteiger partial charge in [-0.05, 0) is 17.7 Å². The van der Waals surface area contributed by atoms with Crippen molar-refractivity contribution in [3.05, 3.63) is 36.0 Å². The minimum Gasteiger partial charge on any atom is -0.493 e. The van der Waals surface area contributed by atoms with Crippen molar-refractivity contribution in [2.45, 2.75) is 6.54 Å². The molecule has 1 aromatic carbocycles. The van der Waals surface area contributed by atoms with Gasteiger partial charge in [-0.25, -0.2) is 14.6 Å². The van der Waals surface area contributed by atoms with E-state index in [0.717, 1.165) is 5.39 Å². The predicted molar refractivity (Wildman–Crippen MR) is 76.6 cm³/mol. The number of hydrogen-bond donors (Lipinski definition) is 0. The molecule has 21 heavy (non-hydrogen) atoms. The maximum Gasteiger partial charge on any atom is 0.222 e. The molecule has 7 nitrogen and oxygen atoms in total. The summed E-state index contributed by atoms with van der Waals surface area (Å²) < 4.78 is 12.7. The largest absolute Gasteiger partial charge is 0.493 e. The van der Waals surface area contributed by atoms with Crippen LogP contribution in [0.5, 0.6) is 11.5 Å². The van der Waals surface area contributed by atoms with Crippen LogP contribution in [0.15, 0.2) is 30.7 Å². The maximum absolute atomic E-state index is 5.80. The number of nitrogens with zero attached hydrogens (tertiary/aromatic N) is 5. The van der Waals surface area contributed by atoms with Gasteiger partial charge in [0.1, 0.15) is 6.61 Å². The molecule has 0 aliphatic carbocycles. The summed E-state index contributed by atoms with van der Waals surface area (Å²) in [7, 11) is 1.59. The van der Waals surface area contributed by atoms with Gasteiger partial charge in [0.25, 0.3) is 0 Å². The van der Waals surface area contributed by atoms with Crippen LogP contribution in [0.4, 0.5) is 0 Å². The molecule has 0 unspecified atom stereocenters. The minimum absolute atomic E-state index is 0.196. The molecular formula is C13H12ClN5O2. The normalized spacial score (nSPS) is 10.8. The number of aromatic nitrogens is 5. The number of hydrogen-bond acceptors (Lipinski definition) is 6. The third-order valence-electron chi connectivity index (χ3n) is 2.89. The Morgan fingerprint density at radius 1 is 1.29 bits per heavy atom. The van der Waals surface area contributed by atoms with Gasteiger partial charge in [-0.15, -0.1) is 5.10 Å². The van der Waals surface area contributed by atoms with Gasteiger partial charge < -0.3 is 9.47 Å². The Labute approximate surface area is 125 Å². The second-order valence-corrected chi connectivity index (χ2v) is 4.55. The van der Waals surface area contributed by atoms with E-state index in [4.69, 9.17) is 21.1 Å². The van der Waals surface area contributed by atoms with Crippen molar-refractivity contribution in [1.29, 1.82) is 0 Å². The summed E-state index contributed by atoms with van der Waals surface area (Å²) in [6.07, 6.45) is 5.04. The fraction of sp³-hybridized carbons (Fsp3) is 0.231. The standard InChI is InChI=1S/C13H12ClN5O2/c1-20-11-6-9-8-15-13(14)17-10(9)7-12(11)21-5-4-19-3-2-16-18-19/h2-3,6-8H,4-5H2,1H3. The molecule has 0 saturated carbocycles. The van der Waals surface area contributed by atoms with Crippen LogP contribution >= 0.6 is 11.6 Å². The Morgan fingerprint density at radius 3 is 2.95 bits per heavy atom. The highest BCUT2D eigenvalue weighted by Gasteiger charge is 2.09. The Kier molecular flexibility index (Phi) is 3.83. The van der Waals surface area contributed by atoms with Gasteiger partial charge in [-0.2, -0.15) is 0 Å². The highest BCUT2D eigenvalue weighted by Crippen LogP contribution is 2.31. The Bertz CT molecular complexity index is 748. The molecule has 0 saturated heterocycles. The fourth-order valence-corrected chi connectivity index (χ4v) is 2.03. The summed E-state index contributed by atoms with van der Waals surface area (Å²) in [6, 6.07) is 3.60. The zero-order chi connectivity index (χ0) is 14.7. The van der Waals surface area contributed by atoms with Crippen LogP contribution in [0, 0.1) is 0 Å². The number of ether oxygens (including phenoxy) is 2. The predicted octanol–water partition coefficient (Wildman–Crippen LogP) is 1.96. The first-order valence-corrected chi connectivity index (χ1v) is 6.61. The topological polar surface area (TPSA) is 75.0 Å². The number of benzene rings is 1. The number of fused-ring (bicyclic) bond motifs is 1. The van der Waals surface area contributed by atoms with E-state index in [0.29, 0.717) is 30.2 Å². The maximum atomic E-state index is 5.80. The summed E-state index contributed by atoms with van der Waals surface area (Å²) in [5.41, 5.74) is 0.701. The van der Waals surface area contributed by atoms with Crippen LogP contribution in [-0.4, -0.2) is 38.7 Å². The van der Waals surface area contributed by atoms with Gasteiger partial charge in [0, 0.05) is 23.8 Å². The van der Waals surface area contributed by atoms with Crippen LogP contribution in [0.25, 0.3) is 10.9 Å². The molecule has 3 aromatic rings. The van der Waals surface area contributed by atoms with Crippen molar-refractivity contribution in [3.8, 4) is 11.5 Å². The Morgan fingerprint density at radius 2 is 2.19 bits per heavy atom. The van der Waals surface area contributed by atoms with Crippen molar-refractivity contribution in [3.63, 3.8) is 0 Å². The SMILES string of the molecule is COc1cc2cnc(Cl)nc2cc1OCCn1ccnn1. The van der Waals surface area contributed by atoms with Crippen molar-refractivity contribution in [2.24, 2.45) is 0 Å². The van der Waals surface area contributed by atoms with Crippen molar-refractivity contribution >= 4 is 22.5 Å². The molecule has 0 radical (unpaired) electrons. The molecule has 0 aliphatic heterocycles. The molecule has 8 heteroatoms.